The van der Waals surface area contributed by atoms with E-state index in [2.05, 4.69) is 0 Å². The minimum atomic E-state index is -4.14. The first-order chi connectivity index (χ1) is 8.85. The molecule has 0 saturated carbocycles. The van der Waals surface area contributed by atoms with Crippen molar-refractivity contribution >= 4 is 23.0 Å². The number of nitrogens with zero attached hydrogens (tertiary/aromatic N) is 2. The molecule has 0 atom stereocenters. The molecule has 2 rings (SSSR count). The van der Waals surface area contributed by atoms with E-state index in [0.717, 1.165) is 5.69 Å². The lowest BCUT2D eigenvalue weighted by Crippen LogP contribution is -2.49. The number of benzene rings is 1. The zero-order valence-corrected chi connectivity index (χ0v) is 11.0. The van der Waals surface area contributed by atoms with E-state index in [1.54, 1.807) is 18.2 Å². The van der Waals surface area contributed by atoms with Crippen LogP contribution >= 0.6 is 11.6 Å². The van der Waals surface area contributed by atoms with Gasteiger partial charge in [-0.15, -0.1) is 0 Å². The molecule has 0 unspecified atom stereocenters. The number of hydrogen-bond donors (Lipinski definition) is 1. The van der Waals surface area contributed by atoms with Gasteiger partial charge in [0.15, 0.2) is 0 Å². The Morgan fingerprint density at radius 2 is 1.79 bits per heavy atom. The normalized spacial score (nSPS) is 17.8. The van der Waals surface area contributed by atoms with Crippen LogP contribution in [0, 0.1) is 0 Å². The smallest absolute Gasteiger partial charge is 0.397 e. The summed E-state index contributed by atoms with van der Waals surface area (Å²) in [6.45, 7) is 0.907. The van der Waals surface area contributed by atoms with E-state index in [-0.39, 0.29) is 0 Å². The van der Waals surface area contributed by atoms with Crippen LogP contribution in [0.4, 0.5) is 24.5 Å². The van der Waals surface area contributed by atoms with Gasteiger partial charge in [0.05, 0.1) is 17.9 Å². The van der Waals surface area contributed by atoms with Crippen molar-refractivity contribution in [3.05, 3.63) is 23.2 Å². The van der Waals surface area contributed by atoms with Crippen molar-refractivity contribution in [3.63, 3.8) is 0 Å². The Balaban J connectivity index is 1.98. The minimum absolute atomic E-state index is 0.367. The zero-order valence-electron chi connectivity index (χ0n) is 10.3. The van der Waals surface area contributed by atoms with Crippen LogP contribution in [-0.2, 0) is 0 Å². The largest absolute Gasteiger partial charge is 0.401 e. The maximum atomic E-state index is 12.3. The average Bonchev–Trinajstić information content (AvgIpc) is 2.31. The second kappa shape index (κ2) is 5.46. The van der Waals surface area contributed by atoms with Crippen LogP contribution in [0.15, 0.2) is 18.2 Å². The lowest BCUT2D eigenvalue weighted by atomic mass is 10.2. The monoisotopic (exact) mass is 293 g/mol. The fourth-order valence-corrected chi connectivity index (χ4v) is 2.36. The van der Waals surface area contributed by atoms with Crippen LogP contribution in [0.3, 0.4) is 0 Å². The van der Waals surface area contributed by atoms with Crippen molar-refractivity contribution in [2.24, 2.45) is 0 Å². The van der Waals surface area contributed by atoms with Gasteiger partial charge >= 0.3 is 6.18 Å². The summed E-state index contributed by atoms with van der Waals surface area (Å²) < 4.78 is 36.9. The minimum Gasteiger partial charge on any atom is -0.397 e. The topological polar surface area (TPSA) is 32.5 Å². The Morgan fingerprint density at radius 3 is 2.37 bits per heavy atom. The highest BCUT2D eigenvalue weighted by Crippen LogP contribution is 2.28. The summed E-state index contributed by atoms with van der Waals surface area (Å²) >= 11 is 5.91. The molecule has 3 nitrogen and oxygen atoms in total. The number of alkyl halides is 3. The van der Waals surface area contributed by atoms with Gasteiger partial charge in [-0.3, -0.25) is 4.90 Å². The Morgan fingerprint density at radius 1 is 1.16 bits per heavy atom. The van der Waals surface area contributed by atoms with Crippen molar-refractivity contribution in [2.75, 3.05) is 43.4 Å². The number of nitrogen functional groups attached to an aromatic ring is 1. The predicted molar refractivity (Wildman–Crippen MR) is 70.6 cm³/mol. The van der Waals surface area contributed by atoms with Gasteiger partial charge in [-0.2, -0.15) is 13.2 Å². The van der Waals surface area contributed by atoms with Gasteiger partial charge in [0.1, 0.15) is 0 Å². The average molecular weight is 294 g/mol. The van der Waals surface area contributed by atoms with Crippen LogP contribution in [0.5, 0.6) is 0 Å². The highest BCUT2D eigenvalue weighted by Gasteiger charge is 2.32. The molecule has 0 aromatic heterocycles. The van der Waals surface area contributed by atoms with Gasteiger partial charge in [-0.25, -0.2) is 0 Å². The molecule has 0 bridgehead atoms. The van der Waals surface area contributed by atoms with Gasteiger partial charge in [0.25, 0.3) is 0 Å². The number of halogens is 4. The van der Waals surface area contributed by atoms with Gasteiger partial charge in [-0.1, -0.05) is 11.6 Å². The molecule has 1 aromatic rings. The van der Waals surface area contributed by atoms with Crippen LogP contribution < -0.4 is 10.6 Å². The van der Waals surface area contributed by atoms with E-state index in [1.165, 1.54) is 4.90 Å². The molecule has 2 N–H and O–H groups in total. The van der Waals surface area contributed by atoms with E-state index in [0.29, 0.717) is 36.9 Å². The highest BCUT2D eigenvalue weighted by molar-refractivity contribution is 6.31. The summed E-state index contributed by atoms with van der Waals surface area (Å²) in [6.07, 6.45) is -4.14. The first-order valence-corrected chi connectivity index (χ1v) is 6.32. The van der Waals surface area contributed by atoms with Crippen LogP contribution in [-0.4, -0.2) is 43.8 Å². The summed E-state index contributed by atoms with van der Waals surface area (Å²) in [7, 11) is 0. The van der Waals surface area contributed by atoms with Crippen molar-refractivity contribution in [1.82, 2.24) is 4.90 Å². The molecule has 1 heterocycles. The number of rotatable bonds is 2. The molecule has 106 valence electrons. The van der Waals surface area contributed by atoms with E-state index in [4.69, 9.17) is 17.3 Å². The second-order valence-corrected chi connectivity index (χ2v) is 5.02. The Hall–Kier alpha value is -1.14. The number of piperazine rings is 1. The van der Waals surface area contributed by atoms with E-state index in [1.807, 2.05) is 4.90 Å². The second-order valence-electron chi connectivity index (χ2n) is 4.58. The SMILES string of the molecule is Nc1ccc(Cl)cc1N1CCN(CC(F)(F)F)CC1. The third-order valence-electron chi connectivity index (χ3n) is 3.11. The number of hydrogen-bond acceptors (Lipinski definition) is 3. The van der Waals surface area contributed by atoms with Crippen LogP contribution in [0.2, 0.25) is 5.02 Å². The summed E-state index contributed by atoms with van der Waals surface area (Å²) in [6, 6.07) is 5.15. The van der Waals surface area contributed by atoms with Gasteiger partial charge in [-0.05, 0) is 18.2 Å². The molecule has 0 aliphatic carbocycles. The standard InChI is InChI=1S/C12H15ClF3N3/c13-9-1-2-10(17)11(7-9)19-5-3-18(4-6-19)8-12(14,15)16/h1-2,7H,3-6,8,17H2. The molecular formula is C12H15ClF3N3. The van der Waals surface area contributed by atoms with E-state index in [9.17, 15) is 13.2 Å². The van der Waals surface area contributed by atoms with E-state index < -0.39 is 12.7 Å². The molecule has 0 amide bonds. The third-order valence-corrected chi connectivity index (χ3v) is 3.34. The molecule has 0 spiro atoms. The fourth-order valence-electron chi connectivity index (χ4n) is 2.19. The summed E-state index contributed by atoms with van der Waals surface area (Å²) in [5.74, 6) is 0. The molecule has 1 saturated heterocycles. The summed E-state index contributed by atoms with van der Waals surface area (Å²) in [4.78, 5) is 3.37. The number of nitrogens with two attached hydrogens (primary N) is 1. The van der Waals surface area contributed by atoms with Gasteiger partial charge in [0.2, 0.25) is 0 Å². The summed E-state index contributed by atoms with van der Waals surface area (Å²) in [5.41, 5.74) is 7.25. The molecule has 19 heavy (non-hydrogen) atoms. The first kappa shape index (κ1) is 14.3. The fraction of sp³-hybridized carbons (Fsp3) is 0.500. The highest BCUT2D eigenvalue weighted by atomic mass is 35.5. The van der Waals surface area contributed by atoms with Gasteiger partial charge < -0.3 is 10.6 Å². The lowest BCUT2D eigenvalue weighted by Gasteiger charge is -2.36. The van der Waals surface area contributed by atoms with Crippen molar-refractivity contribution in [3.8, 4) is 0 Å². The first-order valence-electron chi connectivity index (χ1n) is 5.94. The predicted octanol–water partition coefficient (Wildman–Crippen LogP) is 2.61. The Kier molecular flexibility index (Phi) is 4.10. The molecule has 1 aliphatic rings. The zero-order chi connectivity index (χ0) is 14.0. The Bertz CT molecular complexity index is 442. The maximum absolute atomic E-state index is 12.3. The van der Waals surface area contributed by atoms with Crippen LogP contribution in [0.25, 0.3) is 0 Å². The molecular weight excluding hydrogens is 279 g/mol. The molecule has 1 aliphatic heterocycles. The molecule has 0 radical (unpaired) electrons. The van der Waals surface area contributed by atoms with Crippen molar-refractivity contribution < 1.29 is 13.2 Å². The lowest BCUT2D eigenvalue weighted by molar-refractivity contribution is -0.146. The molecule has 7 heteroatoms. The van der Waals surface area contributed by atoms with Crippen LogP contribution in [0.1, 0.15) is 0 Å². The quantitative estimate of drug-likeness (QED) is 0.851. The van der Waals surface area contributed by atoms with Gasteiger partial charge in [0, 0.05) is 31.2 Å². The van der Waals surface area contributed by atoms with Crippen molar-refractivity contribution in [1.29, 1.82) is 0 Å². The van der Waals surface area contributed by atoms with E-state index >= 15 is 0 Å². The van der Waals surface area contributed by atoms with Crippen molar-refractivity contribution in [2.45, 2.75) is 6.18 Å². The number of anilines is 2. The molecule has 1 fully saturated rings. The molecule has 1 aromatic carbocycles. The maximum Gasteiger partial charge on any atom is 0.401 e. The summed E-state index contributed by atoms with van der Waals surface area (Å²) in [5, 5.41) is 0.571. The third kappa shape index (κ3) is 3.91. The Labute approximate surface area is 114 Å².